The number of aryl methyl sites for hydroxylation is 1. The van der Waals surface area contributed by atoms with E-state index in [-0.39, 0.29) is 24.0 Å². The van der Waals surface area contributed by atoms with Crippen LogP contribution < -0.4 is 10.6 Å². The van der Waals surface area contributed by atoms with Gasteiger partial charge in [-0.25, -0.2) is 4.99 Å². The summed E-state index contributed by atoms with van der Waals surface area (Å²) in [4.78, 5) is 4.66. The van der Waals surface area contributed by atoms with Crippen molar-refractivity contribution in [1.82, 2.24) is 25.4 Å². The number of guanidine groups is 1. The highest BCUT2D eigenvalue weighted by Gasteiger charge is 2.06. The van der Waals surface area contributed by atoms with Crippen molar-refractivity contribution in [3.8, 4) is 0 Å². The Kier molecular flexibility index (Phi) is 11.0. The lowest BCUT2D eigenvalue weighted by Crippen LogP contribution is -2.38. The van der Waals surface area contributed by atoms with Crippen molar-refractivity contribution >= 4 is 53.3 Å². The van der Waals surface area contributed by atoms with Crippen LogP contribution in [-0.4, -0.2) is 39.3 Å². The molecule has 0 saturated carbocycles. The third-order valence-corrected chi connectivity index (χ3v) is 4.70. The van der Waals surface area contributed by atoms with Gasteiger partial charge in [0.25, 0.3) is 0 Å². The molecule has 6 nitrogen and oxygen atoms in total. The first kappa shape index (κ1) is 23.0. The standard InChI is InChI=1S/C17H25ClN6S.HI/c1-13-22-23-16(24(13)2)12-21-17(19-9-4-10-25-3)20-11-14-5-7-15(18)8-6-14;/h5-8H,4,9-12H2,1-3H3,(H2,19,20,21);1H. The summed E-state index contributed by atoms with van der Waals surface area (Å²) in [5.41, 5.74) is 1.11. The molecule has 0 amide bonds. The zero-order valence-corrected chi connectivity index (χ0v) is 19.2. The Morgan fingerprint density at radius 1 is 1.23 bits per heavy atom. The van der Waals surface area contributed by atoms with Crippen molar-refractivity contribution in [3.05, 3.63) is 46.5 Å². The lowest BCUT2D eigenvalue weighted by molar-refractivity contribution is 0.711. The molecule has 0 saturated heterocycles. The maximum Gasteiger partial charge on any atom is 0.191 e. The second-order valence-corrected chi connectivity index (χ2v) is 7.06. The van der Waals surface area contributed by atoms with Crippen LogP contribution in [0.3, 0.4) is 0 Å². The van der Waals surface area contributed by atoms with Crippen LogP contribution in [0, 0.1) is 6.92 Å². The van der Waals surface area contributed by atoms with E-state index in [1.807, 2.05) is 54.6 Å². The van der Waals surface area contributed by atoms with Crippen LogP contribution in [0.15, 0.2) is 29.3 Å². The van der Waals surface area contributed by atoms with Crippen molar-refractivity contribution in [2.75, 3.05) is 18.6 Å². The van der Waals surface area contributed by atoms with Crippen LogP contribution in [-0.2, 0) is 20.1 Å². The first-order valence-corrected chi connectivity index (χ1v) is 9.97. The van der Waals surface area contributed by atoms with Gasteiger partial charge in [-0.3, -0.25) is 0 Å². The smallest absolute Gasteiger partial charge is 0.191 e. The van der Waals surface area contributed by atoms with Crippen LogP contribution >= 0.6 is 47.3 Å². The Balaban J connectivity index is 0.00000338. The van der Waals surface area contributed by atoms with Gasteiger partial charge >= 0.3 is 0 Å². The molecule has 2 N–H and O–H groups in total. The Bertz CT molecular complexity index is 689. The minimum absolute atomic E-state index is 0. The van der Waals surface area contributed by atoms with Crippen LogP contribution in [0.4, 0.5) is 0 Å². The third-order valence-electron chi connectivity index (χ3n) is 3.75. The molecule has 0 aliphatic carbocycles. The molecule has 0 unspecified atom stereocenters. The molecule has 0 aliphatic heterocycles. The molecule has 2 aromatic rings. The normalized spacial score (nSPS) is 11.2. The third kappa shape index (κ3) is 7.71. The van der Waals surface area contributed by atoms with Crippen LogP contribution in [0.25, 0.3) is 0 Å². The zero-order valence-electron chi connectivity index (χ0n) is 15.3. The molecule has 0 radical (unpaired) electrons. The van der Waals surface area contributed by atoms with E-state index in [9.17, 15) is 0 Å². The Morgan fingerprint density at radius 2 is 1.96 bits per heavy atom. The lowest BCUT2D eigenvalue weighted by atomic mass is 10.2. The molecule has 0 atom stereocenters. The molecule has 1 heterocycles. The highest BCUT2D eigenvalue weighted by molar-refractivity contribution is 14.0. The molecular formula is C17H26ClIN6S. The number of benzene rings is 1. The van der Waals surface area contributed by atoms with Gasteiger partial charge in [0.15, 0.2) is 11.8 Å². The highest BCUT2D eigenvalue weighted by Crippen LogP contribution is 2.10. The number of aliphatic imine (C=N–C) groups is 1. The van der Waals surface area contributed by atoms with Gasteiger partial charge in [0.05, 0.1) is 13.1 Å². The number of nitrogens with one attached hydrogen (secondary N) is 2. The molecule has 26 heavy (non-hydrogen) atoms. The second kappa shape index (κ2) is 12.4. The van der Waals surface area contributed by atoms with Gasteiger partial charge in [-0.15, -0.1) is 34.2 Å². The number of hydrogen-bond donors (Lipinski definition) is 2. The molecule has 1 aromatic heterocycles. The summed E-state index contributed by atoms with van der Waals surface area (Å²) < 4.78 is 1.97. The van der Waals surface area contributed by atoms with Gasteiger partial charge in [0.2, 0.25) is 0 Å². The monoisotopic (exact) mass is 508 g/mol. The minimum atomic E-state index is 0. The molecule has 9 heteroatoms. The maximum absolute atomic E-state index is 5.93. The van der Waals surface area contributed by atoms with Crippen LogP contribution in [0.5, 0.6) is 0 Å². The summed E-state index contributed by atoms with van der Waals surface area (Å²) in [7, 11) is 1.96. The Morgan fingerprint density at radius 3 is 2.58 bits per heavy atom. The minimum Gasteiger partial charge on any atom is -0.356 e. The average molecular weight is 509 g/mol. The van der Waals surface area contributed by atoms with Crippen molar-refractivity contribution in [2.45, 2.75) is 26.4 Å². The van der Waals surface area contributed by atoms with Crippen molar-refractivity contribution < 1.29 is 0 Å². The predicted octanol–water partition coefficient (Wildman–Crippen LogP) is 3.38. The van der Waals surface area contributed by atoms with Gasteiger partial charge in [0.1, 0.15) is 5.82 Å². The molecule has 1 aromatic carbocycles. The molecule has 0 fully saturated rings. The summed E-state index contributed by atoms with van der Waals surface area (Å²) >= 11 is 7.77. The summed E-state index contributed by atoms with van der Waals surface area (Å²) in [6, 6.07) is 7.74. The fourth-order valence-corrected chi connectivity index (χ4v) is 2.68. The number of nitrogens with zero attached hydrogens (tertiary/aromatic N) is 4. The van der Waals surface area contributed by atoms with Crippen molar-refractivity contribution in [3.63, 3.8) is 0 Å². The maximum atomic E-state index is 5.93. The lowest BCUT2D eigenvalue weighted by Gasteiger charge is -2.12. The number of halogens is 2. The fraction of sp³-hybridized carbons (Fsp3) is 0.471. The van der Waals surface area contributed by atoms with E-state index in [1.165, 1.54) is 0 Å². The largest absolute Gasteiger partial charge is 0.356 e. The Labute approximate surface area is 181 Å². The summed E-state index contributed by atoms with van der Waals surface area (Å²) in [5, 5.41) is 15.7. The van der Waals surface area contributed by atoms with E-state index in [2.05, 4.69) is 32.1 Å². The van der Waals surface area contributed by atoms with E-state index < -0.39 is 0 Å². The van der Waals surface area contributed by atoms with E-state index in [0.29, 0.717) is 13.1 Å². The van der Waals surface area contributed by atoms with E-state index in [0.717, 1.165) is 46.9 Å². The zero-order chi connectivity index (χ0) is 18.1. The van der Waals surface area contributed by atoms with Gasteiger partial charge in [-0.1, -0.05) is 23.7 Å². The van der Waals surface area contributed by atoms with Crippen LogP contribution in [0.1, 0.15) is 23.6 Å². The van der Waals surface area contributed by atoms with Gasteiger partial charge in [-0.2, -0.15) is 11.8 Å². The first-order chi connectivity index (χ1) is 12.1. The molecule has 0 spiro atoms. The Hall–Kier alpha value is -1.000. The van der Waals surface area contributed by atoms with Gasteiger partial charge in [-0.05, 0) is 43.0 Å². The molecule has 0 aliphatic rings. The number of hydrogen-bond acceptors (Lipinski definition) is 4. The average Bonchev–Trinajstić information content (AvgIpc) is 2.93. The summed E-state index contributed by atoms with van der Waals surface area (Å²) in [5.74, 6) is 3.67. The SMILES string of the molecule is CSCCCNC(=NCc1ccc(Cl)cc1)NCc1nnc(C)n1C.I. The van der Waals surface area contributed by atoms with E-state index >= 15 is 0 Å². The fourth-order valence-electron chi connectivity index (χ4n) is 2.13. The number of aromatic nitrogens is 3. The topological polar surface area (TPSA) is 67.1 Å². The second-order valence-electron chi connectivity index (χ2n) is 5.64. The van der Waals surface area contributed by atoms with Gasteiger partial charge < -0.3 is 15.2 Å². The quantitative estimate of drug-likeness (QED) is 0.248. The van der Waals surface area contributed by atoms with Crippen LogP contribution in [0.2, 0.25) is 5.02 Å². The summed E-state index contributed by atoms with van der Waals surface area (Å²) in [6.45, 7) is 3.98. The molecule has 2 rings (SSSR count). The number of rotatable bonds is 8. The van der Waals surface area contributed by atoms with Crippen molar-refractivity contribution in [1.29, 1.82) is 0 Å². The highest BCUT2D eigenvalue weighted by atomic mass is 127. The van der Waals surface area contributed by atoms with E-state index in [4.69, 9.17) is 11.6 Å². The van der Waals surface area contributed by atoms with Crippen molar-refractivity contribution in [2.24, 2.45) is 12.0 Å². The predicted molar refractivity (Wildman–Crippen MR) is 122 cm³/mol. The molecular weight excluding hydrogens is 483 g/mol. The van der Waals surface area contributed by atoms with E-state index in [1.54, 1.807) is 0 Å². The molecule has 144 valence electrons. The molecule has 0 bridgehead atoms. The number of thioether (sulfide) groups is 1. The summed E-state index contributed by atoms with van der Waals surface area (Å²) in [6.07, 6.45) is 3.20. The van der Waals surface area contributed by atoms with Gasteiger partial charge in [0, 0.05) is 18.6 Å². The first-order valence-electron chi connectivity index (χ1n) is 8.20.